The van der Waals surface area contributed by atoms with Gasteiger partial charge >= 0.3 is 5.97 Å². The van der Waals surface area contributed by atoms with Crippen LogP contribution in [0.5, 0.6) is 0 Å². The molecule has 0 saturated carbocycles. The molecule has 1 rings (SSSR count). The first-order valence-corrected chi connectivity index (χ1v) is 3.63. The van der Waals surface area contributed by atoms with Crippen LogP contribution in [-0.2, 0) is 5.92 Å². The lowest BCUT2D eigenvalue weighted by molar-refractivity contribution is 0.0174. The molecule has 0 atom stereocenters. The number of halogens is 2. The Morgan fingerprint density at radius 3 is 2.08 bits per heavy atom. The van der Waals surface area contributed by atoms with Gasteiger partial charge in [0.05, 0.1) is 5.56 Å². The molecule has 13 heavy (non-hydrogen) atoms. The first-order chi connectivity index (χ1) is 5.91. The van der Waals surface area contributed by atoms with Gasteiger partial charge in [-0.15, -0.1) is 0 Å². The van der Waals surface area contributed by atoms with Crippen LogP contribution in [0.1, 0.15) is 22.8 Å². The van der Waals surface area contributed by atoms with E-state index in [0.29, 0.717) is 0 Å². The number of carboxylic acid groups (broad SMARTS) is 1. The van der Waals surface area contributed by atoms with Crippen LogP contribution in [0.25, 0.3) is 0 Å². The zero-order valence-corrected chi connectivity index (χ0v) is 6.92. The number of benzene rings is 1. The molecule has 70 valence electrons. The highest BCUT2D eigenvalue weighted by Crippen LogP contribution is 2.26. The number of alkyl halides is 2. The van der Waals surface area contributed by atoms with Gasteiger partial charge in [-0.25, -0.2) is 13.6 Å². The fourth-order valence-electron chi connectivity index (χ4n) is 0.905. The third-order valence-corrected chi connectivity index (χ3v) is 1.64. The number of hydrogen-bond acceptors (Lipinski definition) is 1. The fraction of sp³-hybridized carbons (Fsp3) is 0.222. The molecule has 0 aliphatic heterocycles. The van der Waals surface area contributed by atoms with Crippen LogP contribution in [0, 0.1) is 0 Å². The molecule has 0 unspecified atom stereocenters. The highest BCUT2D eigenvalue weighted by Gasteiger charge is 2.23. The Labute approximate surface area is 73.8 Å². The van der Waals surface area contributed by atoms with Gasteiger partial charge in [0.25, 0.3) is 5.92 Å². The van der Waals surface area contributed by atoms with Crippen LogP contribution in [0.3, 0.4) is 0 Å². The molecular formula is C9H8F2O2. The van der Waals surface area contributed by atoms with Crippen LogP contribution < -0.4 is 0 Å². The number of carbonyl (C=O) groups is 1. The molecule has 2 nitrogen and oxygen atoms in total. The Kier molecular flexibility index (Phi) is 2.32. The van der Waals surface area contributed by atoms with Gasteiger partial charge in [0.1, 0.15) is 0 Å². The second-order valence-electron chi connectivity index (χ2n) is 2.77. The SMILES string of the molecule is CC(F)(F)c1ccc(C(=O)O)cc1. The summed E-state index contributed by atoms with van der Waals surface area (Å²) >= 11 is 0. The topological polar surface area (TPSA) is 37.3 Å². The van der Waals surface area contributed by atoms with Gasteiger partial charge in [-0.05, 0) is 12.1 Å². The fourth-order valence-corrected chi connectivity index (χ4v) is 0.905. The summed E-state index contributed by atoms with van der Waals surface area (Å²) in [5.74, 6) is -4.04. The van der Waals surface area contributed by atoms with Crippen molar-refractivity contribution < 1.29 is 18.7 Å². The highest BCUT2D eigenvalue weighted by molar-refractivity contribution is 5.87. The van der Waals surface area contributed by atoms with Gasteiger partial charge in [0, 0.05) is 12.5 Å². The van der Waals surface area contributed by atoms with Crippen LogP contribution in [0.15, 0.2) is 24.3 Å². The van der Waals surface area contributed by atoms with E-state index >= 15 is 0 Å². The zero-order valence-electron chi connectivity index (χ0n) is 6.92. The lowest BCUT2D eigenvalue weighted by atomic mass is 10.1. The van der Waals surface area contributed by atoms with Crippen molar-refractivity contribution in [1.82, 2.24) is 0 Å². The molecule has 4 heteroatoms. The Balaban J connectivity index is 3.01. The molecule has 0 amide bonds. The van der Waals surface area contributed by atoms with Crippen molar-refractivity contribution in [3.8, 4) is 0 Å². The number of hydrogen-bond donors (Lipinski definition) is 1. The summed E-state index contributed by atoms with van der Waals surface area (Å²) in [6.45, 7) is 0.767. The minimum atomic E-state index is -2.92. The molecular weight excluding hydrogens is 178 g/mol. The minimum absolute atomic E-state index is 0.00741. The molecule has 1 aromatic carbocycles. The Morgan fingerprint density at radius 2 is 1.77 bits per heavy atom. The maximum Gasteiger partial charge on any atom is 0.335 e. The van der Waals surface area contributed by atoms with E-state index in [1.165, 1.54) is 0 Å². The molecule has 0 aromatic heterocycles. The predicted octanol–water partition coefficient (Wildman–Crippen LogP) is 2.50. The van der Waals surface area contributed by atoms with Crippen LogP contribution in [0.4, 0.5) is 8.78 Å². The number of aromatic carboxylic acids is 1. The Bertz CT molecular complexity index is 311. The van der Waals surface area contributed by atoms with Crippen molar-refractivity contribution in [2.24, 2.45) is 0 Å². The van der Waals surface area contributed by atoms with Crippen molar-refractivity contribution in [3.05, 3.63) is 35.4 Å². The molecule has 0 aliphatic rings. The van der Waals surface area contributed by atoms with Gasteiger partial charge < -0.3 is 5.11 Å². The molecule has 0 aliphatic carbocycles. The molecule has 1 N–H and O–H groups in total. The Hall–Kier alpha value is -1.45. The monoisotopic (exact) mass is 186 g/mol. The van der Waals surface area contributed by atoms with Gasteiger partial charge in [-0.3, -0.25) is 0 Å². The first kappa shape index (κ1) is 9.64. The molecule has 0 saturated heterocycles. The highest BCUT2D eigenvalue weighted by atomic mass is 19.3. The van der Waals surface area contributed by atoms with Gasteiger partial charge in [-0.1, -0.05) is 12.1 Å². The number of rotatable bonds is 2. The second kappa shape index (κ2) is 3.12. The smallest absolute Gasteiger partial charge is 0.335 e. The van der Waals surface area contributed by atoms with Crippen molar-refractivity contribution in [3.63, 3.8) is 0 Å². The van der Waals surface area contributed by atoms with E-state index in [1.807, 2.05) is 0 Å². The van der Waals surface area contributed by atoms with E-state index in [0.717, 1.165) is 31.2 Å². The van der Waals surface area contributed by atoms with Crippen molar-refractivity contribution >= 4 is 5.97 Å². The lowest BCUT2D eigenvalue weighted by Gasteiger charge is -2.09. The normalized spacial score (nSPS) is 11.3. The maximum atomic E-state index is 12.6. The van der Waals surface area contributed by atoms with Crippen molar-refractivity contribution in [2.75, 3.05) is 0 Å². The molecule has 0 spiro atoms. The van der Waals surface area contributed by atoms with E-state index < -0.39 is 11.9 Å². The molecule has 0 fully saturated rings. The number of carboxylic acids is 1. The third-order valence-electron chi connectivity index (χ3n) is 1.64. The van der Waals surface area contributed by atoms with Gasteiger partial charge in [0.15, 0.2) is 0 Å². The average Bonchev–Trinajstić information content (AvgIpc) is 2.03. The Morgan fingerprint density at radius 1 is 1.31 bits per heavy atom. The van der Waals surface area contributed by atoms with Crippen molar-refractivity contribution in [1.29, 1.82) is 0 Å². The summed E-state index contributed by atoms with van der Waals surface area (Å²) in [6.07, 6.45) is 0. The molecule has 0 heterocycles. The largest absolute Gasteiger partial charge is 0.478 e. The summed E-state index contributed by atoms with van der Waals surface area (Å²) in [7, 11) is 0. The zero-order chi connectivity index (χ0) is 10.1. The summed E-state index contributed by atoms with van der Waals surface area (Å²) < 4.78 is 25.3. The average molecular weight is 186 g/mol. The molecule has 0 radical (unpaired) electrons. The lowest BCUT2D eigenvalue weighted by Crippen LogP contribution is -2.07. The van der Waals surface area contributed by atoms with E-state index in [9.17, 15) is 13.6 Å². The third kappa shape index (κ3) is 2.24. The molecule has 0 bridgehead atoms. The van der Waals surface area contributed by atoms with Crippen LogP contribution in [-0.4, -0.2) is 11.1 Å². The van der Waals surface area contributed by atoms with Gasteiger partial charge in [-0.2, -0.15) is 0 Å². The minimum Gasteiger partial charge on any atom is -0.478 e. The van der Waals surface area contributed by atoms with E-state index in [-0.39, 0.29) is 11.1 Å². The first-order valence-electron chi connectivity index (χ1n) is 3.63. The van der Waals surface area contributed by atoms with Crippen molar-refractivity contribution in [2.45, 2.75) is 12.8 Å². The van der Waals surface area contributed by atoms with Crippen LogP contribution >= 0.6 is 0 Å². The summed E-state index contributed by atoms with van der Waals surface area (Å²) in [5, 5.41) is 8.49. The van der Waals surface area contributed by atoms with E-state index in [2.05, 4.69) is 0 Å². The van der Waals surface area contributed by atoms with Crippen LogP contribution in [0.2, 0.25) is 0 Å². The van der Waals surface area contributed by atoms with E-state index in [1.54, 1.807) is 0 Å². The standard InChI is InChI=1S/C9H8F2O2/c1-9(10,11)7-4-2-6(3-5-7)8(12)13/h2-5H,1H3,(H,12,13). The second-order valence-corrected chi connectivity index (χ2v) is 2.77. The maximum absolute atomic E-state index is 12.6. The predicted molar refractivity (Wildman–Crippen MR) is 43.0 cm³/mol. The quantitative estimate of drug-likeness (QED) is 0.770. The van der Waals surface area contributed by atoms with E-state index in [4.69, 9.17) is 5.11 Å². The summed E-state index contributed by atoms with van der Waals surface area (Å²) in [6, 6.07) is 4.55. The summed E-state index contributed by atoms with van der Waals surface area (Å²) in [5.41, 5.74) is -0.175. The summed E-state index contributed by atoms with van der Waals surface area (Å²) in [4.78, 5) is 10.4. The van der Waals surface area contributed by atoms with Gasteiger partial charge in [0.2, 0.25) is 0 Å². The molecule has 1 aromatic rings.